The van der Waals surface area contributed by atoms with Gasteiger partial charge in [-0.1, -0.05) is 79.2 Å². The minimum absolute atomic E-state index is 0.301. The van der Waals surface area contributed by atoms with Crippen LogP contribution in [0.2, 0.25) is 0 Å². The molecule has 0 aliphatic carbocycles. The molecule has 1 saturated heterocycles. The molecule has 1 fully saturated rings. The largest absolute Gasteiger partial charge is 0.492 e. The lowest BCUT2D eigenvalue weighted by Crippen LogP contribution is -2.33. The Morgan fingerprint density at radius 2 is 1.41 bits per heavy atom. The number of furan rings is 1. The van der Waals surface area contributed by atoms with E-state index in [4.69, 9.17) is 9.15 Å². The van der Waals surface area contributed by atoms with Crippen molar-refractivity contribution in [1.82, 2.24) is 14.9 Å². The molecule has 2 amide bonds. The molecule has 49 heavy (non-hydrogen) atoms. The third-order valence-corrected chi connectivity index (χ3v) is 8.74. The highest BCUT2D eigenvalue weighted by atomic mass is 16.5. The summed E-state index contributed by atoms with van der Waals surface area (Å²) in [5.74, 6) is 2.29. The highest BCUT2D eigenvalue weighted by Crippen LogP contribution is 2.42. The minimum Gasteiger partial charge on any atom is -0.492 e. The summed E-state index contributed by atoms with van der Waals surface area (Å²) in [5.41, 5.74) is 6.06. The Bertz CT molecular complexity index is 1960. The van der Waals surface area contributed by atoms with Gasteiger partial charge in [-0.2, -0.15) is 0 Å². The molecule has 1 aliphatic heterocycles. The van der Waals surface area contributed by atoms with Crippen LogP contribution in [0.25, 0.3) is 33.6 Å². The lowest BCUT2D eigenvalue weighted by molar-refractivity contribution is 0.183. The molecule has 248 valence electrons. The van der Waals surface area contributed by atoms with E-state index >= 15 is 0 Å². The number of urea groups is 1. The van der Waals surface area contributed by atoms with Crippen LogP contribution in [0.4, 0.5) is 22.0 Å². The third kappa shape index (κ3) is 8.08. The van der Waals surface area contributed by atoms with Crippen LogP contribution in [0.1, 0.15) is 24.8 Å². The van der Waals surface area contributed by atoms with Crippen molar-refractivity contribution in [2.75, 3.05) is 48.7 Å². The highest BCUT2D eigenvalue weighted by Gasteiger charge is 2.22. The number of benzene rings is 4. The Balaban J connectivity index is 0.933. The standard InChI is InChI=1S/C40H40N6O3/c47-40(45-33-18-20-34(21-19-33)48-27-26-46-24-8-3-9-25-46)44-32-16-14-29(15-17-32)22-23-41-38-36-35(30-10-4-1-5-11-30)37(31-12-6-2-7-13-31)49-39(36)43-28-42-38/h1-2,4-7,10-21,28H,3,8-9,22-27H2,(H,41,42,43)(H2,44,45,47). The quantitative estimate of drug-likeness (QED) is 0.121. The molecular formula is C40H40N6O3. The molecule has 3 heterocycles. The molecule has 7 rings (SSSR count). The van der Waals surface area contributed by atoms with E-state index in [1.807, 2.05) is 97.1 Å². The van der Waals surface area contributed by atoms with Gasteiger partial charge >= 0.3 is 6.03 Å². The van der Waals surface area contributed by atoms with Gasteiger partial charge in [-0.15, -0.1) is 0 Å². The van der Waals surface area contributed by atoms with Crippen LogP contribution in [0, 0.1) is 0 Å². The van der Waals surface area contributed by atoms with Crippen molar-refractivity contribution in [2.24, 2.45) is 0 Å². The lowest BCUT2D eigenvalue weighted by atomic mass is 9.99. The van der Waals surface area contributed by atoms with E-state index < -0.39 is 0 Å². The molecule has 0 unspecified atom stereocenters. The Hall–Kier alpha value is -5.67. The molecular weight excluding hydrogens is 612 g/mol. The van der Waals surface area contributed by atoms with E-state index in [2.05, 4.69) is 43.0 Å². The van der Waals surface area contributed by atoms with Crippen LogP contribution >= 0.6 is 0 Å². The maximum atomic E-state index is 12.7. The van der Waals surface area contributed by atoms with E-state index in [0.29, 0.717) is 30.2 Å². The summed E-state index contributed by atoms with van der Waals surface area (Å²) in [4.78, 5) is 24.2. The maximum absolute atomic E-state index is 12.7. The number of aromatic nitrogens is 2. The summed E-state index contributed by atoms with van der Waals surface area (Å²) in [7, 11) is 0. The van der Waals surface area contributed by atoms with Crippen LogP contribution in [0.3, 0.4) is 0 Å². The van der Waals surface area contributed by atoms with Gasteiger partial charge in [-0.25, -0.2) is 14.8 Å². The molecule has 9 nitrogen and oxygen atoms in total. The average molecular weight is 653 g/mol. The van der Waals surface area contributed by atoms with Gasteiger partial charge in [0.2, 0.25) is 5.71 Å². The summed E-state index contributed by atoms with van der Waals surface area (Å²) >= 11 is 0. The zero-order chi connectivity index (χ0) is 33.3. The van der Waals surface area contributed by atoms with Crippen molar-refractivity contribution in [1.29, 1.82) is 0 Å². The van der Waals surface area contributed by atoms with E-state index in [-0.39, 0.29) is 6.03 Å². The predicted octanol–water partition coefficient (Wildman–Crippen LogP) is 8.72. The molecule has 0 bridgehead atoms. The van der Waals surface area contributed by atoms with E-state index in [9.17, 15) is 4.79 Å². The number of hydrogen-bond donors (Lipinski definition) is 3. The molecule has 1 aliphatic rings. The average Bonchev–Trinajstić information content (AvgIpc) is 3.55. The van der Waals surface area contributed by atoms with Crippen LogP contribution in [-0.2, 0) is 6.42 Å². The number of anilines is 3. The van der Waals surface area contributed by atoms with Gasteiger partial charge in [0.05, 0.1) is 5.39 Å². The van der Waals surface area contributed by atoms with Gasteiger partial charge in [0.25, 0.3) is 0 Å². The SMILES string of the molecule is O=C(Nc1ccc(CCNc2ncnc3oc(-c4ccccc4)c(-c4ccccc4)c23)cc1)Nc1ccc(OCCN2CCCCC2)cc1. The van der Waals surface area contributed by atoms with Crippen molar-refractivity contribution in [3.05, 3.63) is 121 Å². The van der Waals surface area contributed by atoms with Gasteiger partial charge < -0.3 is 25.1 Å². The number of hydrogen-bond acceptors (Lipinski definition) is 7. The molecule has 3 N–H and O–H groups in total. The summed E-state index contributed by atoms with van der Waals surface area (Å²) in [5, 5.41) is 10.2. The van der Waals surface area contributed by atoms with Crippen LogP contribution in [0.15, 0.2) is 120 Å². The topological polar surface area (TPSA) is 105 Å². The fourth-order valence-corrected chi connectivity index (χ4v) is 6.22. The molecule has 0 atom stereocenters. The number of amides is 2. The lowest BCUT2D eigenvalue weighted by Gasteiger charge is -2.26. The Morgan fingerprint density at radius 3 is 2.10 bits per heavy atom. The molecule has 0 saturated carbocycles. The molecule has 6 aromatic rings. The summed E-state index contributed by atoms with van der Waals surface area (Å²) in [6.07, 6.45) is 6.17. The third-order valence-electron chi connectivity index (χ3n) is 8.74. The first-order chi connectivity index (χ1) is 24.2. The summed E-state index contributed by atoms with van der Waals surface area (Å²) in [6.45, 7) is 4.58. The molecule has 9 heteroatoms. The zero-order valence-corrected chi connectivity index (χ0v) is 27.4. The smallest absolute Gasteiger partial charge is 0.323 e. The van der Waals surface area contributed by atoms with Crippen LogP contribution in [-0.4, -0.2) is 53.7 Å². The number of carbonyl (C=O) groups is 1. The highest BCUT2D eigenvalue weighted by molar-refractivity contribution is 6.05. The number of carbonyl (C=O) groups excluding carboxylic acids is 1. The fraction of sp³-hybridized carbons (Fsp3) is 0.225. The van der Waals surface area contributed by atoms with Gasteiger partial charge in [-0.3, -0.25) is 4.90 Å². The first-order valence-corrected chi connectivity index (χ1v) is 16.9. The normalized spacial score (nSPS) is 13.2. The van der Waals surface area contributed by atoms with Crippen LogP contribution < -0.4 is 20.7 Å². The monoisotopic (exact) mass is 652 g/mol. The second-order valence-electron chi connectivity index (χ2n) is 12.2. The first-order valence-electron chi connectivity index (χ1n) is 16.9. The van der Waals surface area contributed by atoms with Gasteiger partial charge in [0, 0.05) is 35.6 Å². The number of fused-ring (bicyclic) bond motifs is 1. The first kappa shape index (κ1) is 31.9. The predicted molar refractivity (Wildman–Crippen MR) is 196 cm³/mol. The minimum atomic E-state index is -0.301. The molecule has 4 aromatic carbocycles. The van der Waals surface area contributed by atoms with E-state index in [1.165, 1.54) is 25.6 Å². The van der Waals surface area contributed by atoms with Crippen molar-refractivity contribution in [3.8, 4) is 28.2 Å². The number of nitrogens with one attached hydrogen (secondary N) is 3. The van der Waals surface area contributed by atoms with Crippen LogP contribution in [0.5, 0.6) is 5.75 Å². The number of ether oxygens (including phenoxy) is 1. The summed E-state index contributed by atoms with van der Waals surface area (Å²) < 4.78 is 12.2. The zero-order valence-electron chi connectivity index (χ0n) is 27.4. The van der Waals surface area contributed by atoms with Crippen molar-refractivity contribution < 1.29 is 13.9 Å². The van der Waals surface area contributed by atoms with Crippen molar-refractivity contribution >= 4 is 34.3 Å². The Kier molecular flexibility index (Phi) is 10.1. The molecule has 2 aromatic heterocycles. The number of nitrogens with zero attached hydrogens (tertiary/aromatic N) is 3. The van der Waals surface area contributed by atoms with Gasteiger partial charge in [0.1, 0.15) is 30.3 Å². The fourth-order valence-electron chi connectivity index (χ4n) is 6.22. The van der Waals surface area contributed by atoms with E-state index in [1.54, 1.807) is 0 Å². The van der Waals surface area contributed by atoms with Gasteiger partial charge in [-0.05, 0) is 79.9 Å². The number of piperidine rings is 1. The van der Waals surface area contributed by atoms with Gasteiger partial charge in [0.15, 0.2) is 0 Å². The second-order valence-corrected chi connectivity index (χ2v) is 12.2. The van der Waals surface area contributed by atoms with E-state index in [0.717, 1.165) is 71.0 Å². The number of likely N-dealkylation sites (tertiary alicyclic amines) is 1. The van der Waals surface area contributed by atoms with Crippen molar-refractivity contribution in [3.63, 3.8) is 0 Å². The Morgan fingerprint density at radius 1 is 0.755 bits per heavy atom. The van der Waals surface area contributed by atoms with Crippen molar-refractivity contribution in [2.45, 2.75) is 25.7 Å². The number of rotatable bonds is 12. The second kappa shape index (κ2) is 15.5. The maximum Gasteiger partial charge on any atom is 0.323 e. The summed E-state index contributed by atoms with van der Waals surface area (Å²) in [6, 6.07) is 35.3. The molecule has 0 radical (unpaired) electrons. The molecule has 0 spiro atoms. The Labute approximate surface area is 286 Å².